The molecule has 0 aliphatic carbocycles. The summed E-state index contributed by atoms with van der Waals surface area (Å²) in [7, 11) is 4.00. The molecule has 20 heavy (non-hydrogen) atoms. The number of hydrogen-bond acceptors (Lipinski definition) is 4. The maximum atomic E-state index is 12.3. The zero-order chi connectivity index (χ0) is 14.5. The molecule has 0 radical (unpaired) electrons. The number of carbonyl (C=O) groups is 1. The summed E-state index contributed by atoms with van der Waals surface area (Å²) in [5.74, 6) is 0.128. The van der Waals surface area contributed by atoms with Gasteiger partial charge in [0.15, 0.2) is 0 Å². The van der Waals surface area contributed by atoms with Gasteiger partial charge in [-0.05, 0) is 25.1 Å². The Morgan fingerprint density at radius 3 is 2.70 bits per heavy atom. The fraction of sp³-hybridized carbons (Fsp3) is 0.533. The van der Waals surface area contributed by atoms with Gasteiger partial charge in [0.25, 0.3) is 0 Å². The van der Waals surface area contributed by atoms with Crippen LogP contribution in [0.25, 0.3) is 0 Å². The van der Waals surface area contributed by atoms with E-state index in [0.717, 1.165) is 11.4 Å². The summed E-state index contributed by atoms with van der Waals surface area (Å²) in [5.41, 5.74) is 2.08. The third-order valence-electron chi connectivity index (χ3n) is 3.44. The molecule has 5 nitrogen and oxygen atoms in total. The number of morpholine rings is 1. The average Bonchev–Trinajstić information content (AvgIpc) is 2.47. The first kappa shape index (κ1) is 14.7. The van der Waals surface area contributed by atoms with Crippen LogP contribution < -0.4 is 10.2 Å². The number of hydrogen-bond donors (Lipinski definition) is 1. The van der Waals surface area contributed by atoms with Gasteiger partial charge in [0.05, 0.1) is 13.2 Å². The fourth-order valence-electron chi connectivity index (χ4n) is 2.24. The monoisotopic (exact) mass is 277 g/mol. The maximum absolute atomic E-state index is 12.3. The SMILES string of the molecule is CC(Nc1cccc(N(C)C)c1)C(=O)N1CCOCC1. The second kappa shape index (κ2) is 6.61. The van der Waals surface area contributed by atoms with Crippen molar-refractivity contribution in [3.63, 3.8) is 0 Å². The van der Waals surface area contributed by atoms with Gasteiger partial charge in [-0.25, -0.2) is 0 Å². The van der Waals surface area contributed by atoms with E-state index in [1.807, 2.05) is 55.1 Å². The lowest BCUT2D eigenvalue weighted by molar-refractivity contribution is -0.135. The van der Waals surface area contributed by atoms with E-state index in [4.69, 9.17) is 4.74 Å². The highest BCUT2D eigenvalue weighted by Gasteiger charge is 2.22. The Morgan fingerprint density at radius 1 is 1.35 bits per heavy atom. The van der Waals surface area contributed by atoms with Crippen LogP contribution in [0.2, 0.25) is 0 Å². The molecule has 1 aliphatic rings. The van der Waals surface area contributed by atoms with Crippen molar-refractivity contribution in [1.82, 2.24) is 4.90 Å². The van der Waals surface area contributed by atoms with Crippen molar-refractivity contribution >= 4 is 17.3 Å². The summed E-state index contributed by atoms with van der Waals surface area (Å²) in [6.45, 7) is 4.54. The smallest absolute Gasteiger partial charge is 0.244 e. The highest BCUT2D eigenvalue weighted by atomic mass is 16.5. The van der Waals surface area contributed by atoms with Crippen LogP contribution in [-0.2, 0) is 9.53 Å². The van der Waals surface area contributed by atoms with Crippen LogP contribution >= 0.6 is 0 Å². The highest BCUT2D eigenvalue weighted by molar-refractivity contribution is 5.84. The Kier molecular flexibility index (Phi) is 4.84. The van der Waals surface area contributed by atoms with Gasteiger partial charge in [0.2, 0.25) is 5.91 Å². The molecule has 110 valence electrons. The molecule has 2 rings (SSSR count). The van der Waals surface area contributed by atoms with Gasteiger partial charge in [0.1, 0.15) is 6.04 Å². The van der Waals surface area contributed by atoms with Crippen LogP contribution in [0, 0.1) is 0 Å². The Morgan fingerprint density at radius 2 is 2.05 bits per heavy atom. The van der Waals surface area contributed by atoms with Crippen LogP contribution in [0.4, 0.5) is 11.4 Å². The minimum Gasteiger partial charge on any atom is -0.378 e. The van der Waals surface area contributed by atoms with E-state index in [-0.39, 0.29) is 11.9 Å². The molecule has 0 aromatic heterocycles. The Labute approximate surface area is 120 Å². The van der Waals surface area contributed by atoms with Crippen LogP contribution in [0.5, 0.6) is 0 Å². The van der Waals surface area contributed by atoms with E-state index >= 15 is 0 Å². The molecule has 5 heteroatoms. The molecule has 0 bridgehead atoms. The number of nitrogens with zero attached hydrogens (tertiary/aromatic N) is 2. The summed E-state index contributed by atoms with van der Waals surface area (Å²) >= 11 is 0. The lowest BCUT2D eigenvalue weighted by Gasteiger charge is -2.29. The molecular weight excluding hydrogens is 254 g/mol. The van der Waals surface area contributed by atoms with E-state index in [1.165, 1.54) is 0 Å². The molecule has 1 amide bonds. The predicted octanol–water partition coefficient (Wildman–Crippen LogP) is 1.41. The zero-order valence-electron chi connectivity index (χ0n) is 12.4. The molecule has 1 heterocycles. The van der Waals surface area contributed by atoms with Gasteiger partial charge in [-0.1, -0.05) is 6.07 Å². The number of amides is 1. The van der Waals surface area contributed by atoms with Gasteiger partial charge in [-0.15, -0.1) is 0 Å². The molecular formula is C15H23N3O2. The van der Waals surface area contributed by atoms with Gasteiger partial charge in [-0.2, -0.15) is 0 Å². The zero-order valence-corrected chi connectivity index (χ0v) is 12.4. The third-order valence-corrected chi connectivity index (χ3v) is 3.44. The molecule has 1 N–H and O–H groups in total. The first-order valence-corrected chi connectivity index (χ1v) is 6.98. The minimum absolute atomic E-state index is 0.128. The second-order valence-corrected chi connectivity index (χ2v) is 5.25. The van der Waals surface area contributed by atoms with Gasteiger partial charge >= 0.3 is 0 Å². The molecule has 1 aliphatic heterocycles. The lowest BCUT2D eigenvalue weighted by Crippen LogP contribution is -2.47. The summed E-state index contributed by atoms with van der Waals surface area (Å²) in [5, 5.41) is 3.28. The molecule has 1 unspecified atom stereocenters. The van der Waals surface area contributed by atoms with Crippen molar-refractivity contribution < 1.29 is 9.53 Å². The normalized spacial score (nSPS) is 16.6. The highest BCUT2D eigenvalue weighted by Crippen LogP contribution is 2.18. The molecule has 1 aromatic rings. The van der Waals surface area contributed by atoms with Crippen LogP contribution in [0.1, 0.15) is 6.92 Å². The Bertz CT molecular complexity index is 456. The number of rotatable bonds is 4. The van der Waals surface area contributed by atoms with Crippen LogP contribution in [0.3, 0.4) is 0 Å². The third kappa shape index (κ3) is 3.63. The van der Waals surface area contributed by atoms with E-state index in [9.17, 15) is 4.79 Å². The topological polar surface area (TPSA) is 44.8 Å². The maximum Gasteiger partial charge on any atom is 0.244 e. The number of anilines is 2. The number of ether oxygens (including phenoxy) is 1. The van der Waals surface area contributed by atoms with Crippen molar-refractivity contribution in [2.24, 2.45) is 0 Å². The molecule has 0 spiro atoms. The largest absolute Gasteiger partial charge is 0.378 e. The Hall–Kier alpha value is -1.75. The average molecular weight is 277 g/mol. The first-order chi connectivity index (χ1) is 9.58. The van der Waals surface area contributed by atoms with Crippen LogP contribution in [0.15, 0.2) is 24.3 Å². The summed E-state index contributed by atoms with van der Waals surface area (Å²) in [4.78, 5) is 16.2. The van der Waals surface area contributed by atoms with E-state index < -0.39 is 0 Å². The van der Waals surface area contributed by atoms with Crippen molar-refractivity contribution in [2.75, 3.05) is 50.6 Å². The molecule has 1 atom stereocenters. The van der Waals surface area contributed by atoms with Crippen LogP contribution in [-0.4, -0.2) is 57.2 Å². The number of carbonyl (C=O) groups excluding carboxylic acids is 1. The summed E-state index contributed by atoms with van der Waals surface area (Å²) in [6.07, 6.45) is 0. The van der Waals surface area contributed by atoms with Gasteiger partial charge in [0, 0.05) is 38.6 Å². The van der Waals surface area contributed by atoms with E-state index in [2.05, 4.69) is 5.32 Å². The molecule has 1 fully saturated rings. The predicted molar refractivity (Wildman–Crippen MR) is 81.3 cm³/mol. The summed E-state index contributed by atoms with van der Waals surface area (Å²) < 4.78 is 5.27. The van der Waals surface area contributed by atoms with E-state index in [1.54, 1.807) is 0 Å². The molecule has 1 aromatic carbocycles. The van der Waals surface area contributed by atoms with Gasteiger partial charge < -0.3 is 19.9 Å². The van der Waals surface area contributed by atoms with Crippen molar-refractivity contribution in [3.05, 3.63) is 24.3 Å². The Balaban J connectivity index is 1.97. The minimum atomic E-state index is -0.231. The molecule has 0 saturated carbocycles. The first-order valence-electron chi connectivity index (χ1n) is 6.98. The summed E-state index contributed by atoms with van der Waals surface area (Å²) in [6, 6.07) is 7.83. The van der Waals surface area contributed by atoms with Crippen molar-refractivity contribution in [3.8, 4) is 0 Å². The quantitative estimate of drug-likeness (QED) is 0.904. The standard InChI is InChI=1S/C15H23N3O2/c1-12(15(19)18-7-9-20-10-8-18)16-13-5-4-6-14(11-13)17(2)3/h4-6,11-12,16H,7-10H2,1-3H3. The fourth-order valence-corrected chi connectivity index (χ4v) is 2.24. The number of benzene rings is 1. The van der Waals surface area contributed by atoms with Crippen molar-refractivity contribution in [1.29, 1.82) is 0 Å². The second-order valence-electron chi connectivity index (χ2n) is 5.25. The van der Waals surface area contributed by atoms with Crippen molar-refractivity contribution in [2.45, 2.75) is 13.0 Å². The van der Waals surface area contributed by atoms with E-state index in [0.29, 0.717) is 26.3 Å². The number of nitrogens with one attached hydrogen (secondary N) is 1. The lowest BCUT2D eigenvalue weighted by atomic mass is 10.2. The van der Waals surface area contributed by atoms with Gasteiger partial charge in [-0.3, -0.25) is 4.79 Å². The molecule has 1 saturated heterocycles.